The van der Waals surface area contributed by atoms with Gasteiger partial charge in [-0.05, 0) is 24.6 Å². The topological polar surface area (TPSA) is 103 Å². The molecule has 128 valence electrons. The van der Waals surface area contributed by atoms with Gasteiger partial charge in [-0.2, -0.15) is 0 Å². The molecule has 0 fully saturated rings. The normalized spacial score (nSPS) is 10.8. The van der Waals surface area contributed by atoms with E-state index in [9.17, 15) is 14.9 Å². The van der Waals surface area contributed by atoms with Crippen LogP contribution in [0, 0.1) is 10.1 Å². The molecule has 0 aliphatic rings. The van der Waals surface area contributed by atoms with Crippen LogP contribution in [0.1, 0.15) is 6.42 Å². The molecule has 3 aromatic rings. The molecule has 0 aliphatic heterocycles. The smallest absolute Gasteiger partial charge is 0.311 e. The number of para-hydroxylation sites is 1. The molecule has 1 aromatic carbocycles. The lowest BCUT2D eigenvalue weighted by molar-refractivity contribution is -0.384. The number of halogens is 1. The number of anilines is 1. The summed E-state index contributed by atoms with van der Waals surface area (Å²) in [4.78, 5) is 31.0. The first kappa shape index (κ1) is 16.8. The monoisotopic (exact) mass is 359 g/mol. The van der Waals surface area contributed by atoms with E-state index in [1.54, 1.807) is 18.2 Å². The second-order valence-corrected chi connectivity index (χ2v) is 5.69. The van der Waals surface area contributed by atoms with E-state index in [0.29, 0.717) is 30.4 Å². The number of benzene rings is 1. The van der Waals surface area contributed by atoms with Gasteiger partial charge in [-0.15, -0.1) is 0 Å². The molecule has 0 atom stereocenters. The van der Waals surface area contributed by atoms with Crippen LogP contribution >= 0.6 is 11.6 Å². The summed E-state index contributed by atoms with van der Waals surface area (Å²) in [6, 6.07) is 9.81. The van der Waals surface area contributed by atoms with E-state index in [1.807, 2.05) is 6.07 Å². The van der Waals surface area contributed by atoms with Gasteiger partial charge in [0.1, 0.15) is 5.15 Å². The van der Waals surface area contributed by atoms with E-state index < -0.39 is 4.92 Å². The predicted octanol–water partition coefficient (Wildman–Crippen LogP) is 2.86. The molecule has 0 aliphatic carbocycles. The number of aryl methyl sites for hydroxylation is 1. The van der Waals surface area contributed by atoms with Crippen molar-refractivity contribution in [1.82, 2.24) is 14.5 Å². The highest BCUT2D eigenvalue weighted by molar-refractivity contribution is 6.29. The maximum absolute atomic E-state index is 12.4. The fraction of sp³-hybridized carbons (Fsp3) is 0.188. The Morgan fingerprint density at radius 3 is 2.84 bits per heavy atom. The van der Waals surface area contributed by atoms with E-state index in [-0.39, 0.29) is 22.2 Å². The lowest BCUT2D eigenvalue weighted by atomic mass is 10.2. The first-order valence-electron chi connectivity index (χ1n) is 7.55. The Hall–Kier alpha value is -3.00. The van der Waals surface area contributed by atoms with E-state index in [0.717, 1.165) is 0 Å². The average Bonchev–Trinajstić information content (AvgIpc) is 2.60. The molecule has 25 heavy (non-hydrogen) atoms. The lowest BCUT2D eigenvalue weighted by Crippen LogP contribution is -2.22. The Balaban J connectivity index is 1.67. The van der Waals surface area contributed by atoms with Crippen LogP contribution in [0.4, 0.5) is 11.5 Å². The van der Waals surface area contributed by atoms with Crippen molar-refractivity contribution in [2.45, 2.75) is 13.0 Å². The summed E-state index contributed by atoms with van der Waals surface area (Å²) in [5.41, 5.74) is 0.395. The van der Waals surface area contributed by atoms with Gasteiger partial charge in [0.2, 0.25) is 5.82 Å². The van der Waals surface area contributed by atoms with Crippen LogP contribution in [0.2, 0.25) is 5.15 Å². The maximum Gasteiger partial charge on any atom is 0.311 e. The molecule has 9 heteroatoms. The largest absolute Gasteiger partial charge is 0.364 e. The van der Waals surface area contributed by atoms with Crippen molar-refractivity contribution in [3.05, 3.63) is 68.3 Å². The Labute approximate surface area is 147 Å². The minimum absolute atomic E-state index is 0.112. The van der Waals surface area contributed by atoms with Crippen LogP contribution in [-0.2, 0) is 6.54 Å². The van der Waals surface area contributed by atoms with Gasteiger partial charge in [-0.25, -0.2) is 9.97 Å². The third-order valence-corrected chi connectivity index (χ3v) is 3.85. The second-order valence-electron chi connectivity index (χ2n) is 5.30. The molecule has 0 radical (unpaired) electrons. The van der Waals surface area contributed by atoms with Crippen molar-refractivity contribution >= 4 is 34.0 Å². The van der Waals surface area contributed by atoms with Crippen LogP contribution in [-0.4, -0.2) is 26.0 Å². The fourth-order valence-electron chi connectivity index (χ4n) is 2.43. The zero-order chi connectivity index (χ0) is 17.8. The molecule has 1 N–H and O–H groups in total. The minimum atomic E-state index is -0.524. The summed E-state index contributed by atoms with van der Waals surface area (Å²) < 4.78 is 1.52. The second kappa shape index (κ2) is 7.27. The van der Waals surface area contributed by atoms with Crippen molar-refractivity contribution in [3.63, 3.8) is 0 Å². The molecular formula is C16H14ClN5O3. The Morgan fingerprint density at radius 2 is 2.04 bits per heavy atom. The molecule has 0 spiro atoms. The minimum Gasteiger partial charge on any atom is -0.364 e. The highest BCUT2D eigenvalue weighted by Crippen LogP contribution is 2.23. The van der Waals surface area contributed by atoms with Crippen LogP contribution in [0.25, 0.3) is 10.9 Å². The van der Waals surface area contributed by atoms with E-state index in [1.165, 1.54) is 23.0 Å². The SMILES string of the molecule is O=c1c2ccccc2ncn1CCCNc1nc(Cl)ccc1[N+](=O)[O-]. The molecule has 0 saturated carbocycles. The quantitative estimate of drug-likeness (QED) is 0.314. The van der Waals surface area contributed by atoms with Gasteiger partial charge in [-0.1, -0.05) is 23.7 Å². The van der Waals surface area contributed by atoms with Gasteiger partial charge in [0.05, 0.1) is 22.2 Å². The van der Waals surface area contributed by atoms with Crippen molar-refractivity contribution < 1.29 is 4.92 Å². The standard InChI is InChI=1S/C16H14ClN5O3/c17-14-7-6-13(22(24)25)15(20-14)18-8-3-9-21-10-19-12-5-2-1-4-11(12)16(21)23/h1-2,4-7,10H,3,8-9H2,(H,18,20). The van der Waals surface area contributed by atoms with E-state index >= 15 is 0 Å². The summed E-state index contributed by atoms with van der Waals surface area (Å²) in [6.07, 6.45) is 2.07. The lowest BCUT2D eigenvalue weighted by Gasteiger charge is -2.08. The summed E-state index contributed by atoms with van der Waals surface area (Å²) >= 11 is 5.78. The summed E-state index contributed by atoms with van der Waals surface area (Å²) in [7, 11) is 0. The molecule has 2 heterocycles. The highest BCUT2D eigenvalue weighted by atomic mass is 35.5. The van der Waals surface area contributed by atoms with E-state index in [4.69, 9.17) is 11.6 Å². The molecule has 2 aromatic heterocycles. The Morgan fingerprint density at radius 1 is 1.24 bits per heavy atom. The van der Waals surface area contributed by atoms with Crippen LogP contribution < -0.4 is 10.9 Å². The number of nitro groups is 1. The third-order valence-electron chi connectivity index (χ3n) is 3.64. The Bertz CT molecular complexity index is 989. The van der Waals surface area contributed by atoms with Gasteiger partial charge < -0.3 is 5.32 Å². The number of aromatic nitrogens is 3. The molecule has 0 bridgehead atoms. The van der Waals surface area contributed by atoms with Gasteiger partial charge in [0.25, 0.3) is 5.56 Å². The first-order valence-corrected chi connectivity index (χ1v) is 7.93. The molecular weight excluding hydrogens is 346 g/mol. The third kappa shape index (κ3) is 3.74. The number of fused-ring (bicyclic) bond motifs is 1. The maximum atomic E-state index is 12.4. The molecule has 0 saturated heterocycles. The number of hydrogen-bond acceptors (Lipinski definition) is 6. The van der Waals surface area contributed by atoms with Crippen LogP contribution in [0.15, 0.2) is 47.5 Å². The van der Waals surface area contributed by atoms with Gasteiger partial charge in [0, 0.05) is 19.2 Å². The summed E-state index contributed by atoms with van der Waals surface area (Å²) in [5, 5.41) is 14.6. The zero-order valence-electron chi connectivity index (χ0n) is 13.1. The highest BCUT2D eigenvalue weighted by Gasteiger charge is 2.15. The first-order chi connectivity index (χ1) is 12.1. The predicted molar refractivity (Wildman–Crippen MR) is 95.0 cm³/mol. The average molecular weight is 360 g/mol. The molecule has 0 unspecified atom stereocenters. The van der Waals surface area contributed by atoms with Crippen molar-refractivity contribution in [3.8, 4) is 0 Å². The number of nitrogens with one attached hydrogen (secondary N) is 1. The van der Waals surface area contributed by atoms with Crippen LogP contribution in [0.3, 0.4) is 0 Å². The number of hydrogen-bond donors (Lipinski definition) is 1. The number of pyridine rings is 1. The van der Waals surface area contributed by atoms with E-state index in [2.05, 4.69) is 15.3 Å². The van der Waals surface area contributed by atoms with Gasteiger partial charge in [-0.3, -0.25) is 19.5 Å². The van der Waals surface area contributed by atoms with Crippen LogP contribution in [0.5, 0.6) is 0 Å². The Kier molecular flexibility index (Phi) is 4.90. The van der Waals surface area contributed by atoms with Crippen molar-refractivity contribution in [2.24, 2.45) is 0 Å². The molecule has 8 nitrogen and oxygen atoms in total. The fourth-order valence-corrected chi connectivity index (χ4v) is 2.57. The summed E-state index contributed by atoms with van der Waals surface area (Å²) in [6.45, 7) is 0.825. The number of rotatable bonds is 6. The van der Waals surface area contributed by atoms with Crippen molar-refractivity contribution in [1.29, 1.82) is 0 Å². The van der Waals surface area contributed by atoms with Gasteiger partial charge in [0.15, 0.2) is 0 Å². The molecule has 0 amide bonds. The summed E-state index contributed by atoms with van der Waals surface area (Å²) in [5.74, 6) is 0.112. The zero-order valence-corrected chi connectivity index (χ0v) is 13.8. The van der Waals surface area contributed by atoms with Gasteiger partial charge >= 0.3 is 5.69 Å². The van der Waals surface area contributed by atoms with Crippen molar-refractivity contribution in [2.75, 3.05) is 11.9 Å². The molecule has 3 rings (SSSR count). The number of nitrogens with zero attached hydrogens (tertiary/aromatic N) is 4.